The van der Waals surface area contributed by atoms with Gasteiger partial charge in [-0.2, -0.15) is 15.0 Å². The Labute approximate surface area is 207 Å². The molecule has 2 aromatic heterocycles. The first-order valence-electron chi connectivity index (χ1n) is 11.1. The van der Waals surface area contributed by atoms with Crippen LogP contribution in [0.4, 0.5) is 40.6 Å². The number of fused-ring (bicyclic) bond motifs is 2. The zero-order valence-electron chi connectivity index (χ0n) is 19.0. The summed E-state index contributed by atoms with van der Waals surface area (Å²) in [5.74, 6) is 0.0981. The van der Waals surface area contributed by atoms with Gasteiger partial charge >= 0.3 is 5.69 Å². The lowest BCUT2D eigenvalue weighted by atomic mass is 10.1. The summed E-state index contributed by atoms with van der Waals surface area (Å²) < 4.78 is 0. The maximum atomic E-state index is 11.7. The van der Waals surface area contributed by atoms with Gasteiger partial charge in [0.05, 0.1) is 23.1 Å². The van der Waals surface area contributed by atoms with Crippen LogP contribution in [0.25, 0.3) is 11.0 Å². The molecule has 184 valence electrons. The zero-order valence-corrected chi connectivity index (χ0v) is 19.0. The van der Waals surface area contributed by atoms with Crippen molar-refractivity contribution in [2.75, 3.05) is 21.3 Å². The first-order valence-corrected chi connectivity index (χ1v) is 11.1. The van der Waals surface area contributed by atoms with Crippen LogP contribution in [0.2, 0.25) is 0 Å². The number of carbonyl (C=O) groups is 1. The molecule has 0 saturated heterocycles. The van der Waals surface area contributed by atoms with E-state index in [9.17, 15) is 19.8 Å². The van der Waals surface area contributed by atoms with Crippen molar-refractivity contribution in [3.8, 4) is 11.5 Å². The molecule has 0 spiro atoms. The fraction of sp³-hybridized carbons (Fsp3) is 0.0417. The Balaban J connectivity index is 1.34. The molecule has 3 aromatic carbocycles. The highest BCUT2D eigenvalue weighted by molar-refractivity contribution is 5.99. The van der Waals surface area contributed by atoms with Gasteiger partial charge in [0.15, 0.2) is 0 Å². The molecule has 0 radical (unpaired) electrons. The number of benzene rings is 3. The predicted molar refractivity (Wildman–Crippen MR) is 137 cm³/mol. The van der Waals surface area contributed by atoms with Crippen LogP contribution in [0.1, 0.15) is 5.56 Å². The molecule has 0 atom stereocenters. The molecule has 1 aliphatic heterocycles. The molecule has 3 heterocycles. The summed E-state index contributed by atoms with van der Waals surface area (Å²) in [7, 11) is 0. The highest BCUT2D eigenvalue weighted by Crippen LogP contribution is 2.31. The Morgan fingerprint density at radius 2 is 1.41 bits per heavy atom. The third kappa shape index (κ3) is 4.55. The number of amides is 1. The van der Waals surface area contributed by atoms with E-state index in [0.29, 0.717) is 34.5 Å². The average Bonchev–Trinajstić information content (AvgIpc) is 3.40. The van der Waals surface area contributed by atoms with Crippen LogP contribution in [-0.4, -0.2) is 41.0 Å². The summed E-state index contributed by atoms with van der Waals surface area (Å²) in [6.45, 7) is 0. The number of imidazole rings is 1. The monoisotopic (exact) mass is 497 g/mol. The van der Waals surface area contributed by atoms with Gasteiger partial charge in [0.2, 0.25) is 23.8 Å². The maximum absolute atomic E-state index is 11.7. The maximum Gasteiger partial charge on any atom is 0.323 e. The molecular formula is C24H19N9O4. The number of aromatic nitrogens is 5. The summed E-state index contributed by atoms with van der Waals surface area (Å²) in [4.78, 5) is 41.9. The smallest absolute Gasteiger partial charge is 0.323 e. The van der Waals surface area contributed by atoms with Gasteiger partial charge in [-0.25, -0.2) is 4.79 Å². The number of nitrogens with zero attached hydrogens (tertiary/aromatic N) is 3. The average molecular weight is 497 g/mol. The lowest BCUT2D eigenvalue weighted by molar-refractivity contribution is -0.115. The standard InChI is InChI=1S/C24H19N9O4/c34-14-4-6-16(19(35)10-14)28-23-32-21(25-12-2-1-11-7-20(36)27-17(11)8-12)31-22(33-23)26-13-3-5-15-18(9-13)30-24(37)29-15/h1-6,8-10,34-35H,7H2,(H,27,36)(H2,29,30,37)(H3,25,26,28,31,32,33). The van der Waals surface area contributed by atoms with Gasteiger partial charge in [-0.3, -0.25) is 4.79 Å². The lowest BCUT2D eigenvalue weighted by Crippen LogP contribution is -2.07. The molecule has 0 unspecified atom stereocenters. The van der Waals surface area contributed by atoms with Crippen LogP contribution in [-0.2, 0) is 11.2 Å². The van der Waals surface area contributed by atoms with E-state index in [1.54, 1.807) is 24.3 Å². The Kier molecular flexibility index (Phi) is 5.07. The fourth-order valence-corrected chi connectivity index (χ4v) is 3.95. The van der Waals surface area contributed by atoms with E-state index in [1.807, 2.05) is 12.1 Å². The van der Waals surface area contributed by atoms with E-state index >= 15 is 0 Å². The number of aromatic amines is 2. The van der Waals surface area contributed by atoms with E-state index in [2.05, 4.69) is 46.2 Å². The van der Waals surface area contributed by atoms with Crippen molar-refractivity contribution in [2.45, 2.75) is 6.42 Å². The zero-order chi connectivity index (χ0) is 25.5. The lowest BCUT2D eigenvalue weighted by Gasteiger charge is -2.13. The van der Waals surface area contributed by atoms with Crippen molar-refractivity contribution < 1.29 is 15.0 Å². The van der Waals surface area contributed by atoms with Crippen LogP contribution < -0.4 is 27.0 Å². The van der Waals surface area contributed by atoms with Crippen LogP contribution in [0, 0.1) is 0 Å². The van der Waals surface area contributed by atoms with E-state index in [0.717, 1.165) is 5.56 Å². The number of phenolic OH excluding ortho intramolecular Hbond substituents is 2. The van der Waals surface area contributed by atoms with Crippen molar-refractivity contribution in [2.24, 2.45) is 0 Å². The third-order valence-electron chi connectivity index (χ3n) is 5.63. The van der Waals surface area contributed by atoms with Gasteiger partial charge in [-0.15, -0.1) is 0 Å². The number of rotatable bonds is 6. The van der Waals surface area contributed by atoms with Crippen molar-refractivity contribution in [3.05, 3.63) is 70.6 Å². The number of aromatic hydroxyl groups is 2. The number of H-pyrrole nitrogens is 2. The van der Waals surface area contributed by atoms with Gasteiger partial charge in [-0.1, -0.05) is 6.07 Å². The van der Waals surface area contributed by atoms with E-state index in [1.165, 1.54) is 18.2 Å². The van der Waals surface area contributed by atoms with Crippen molar-refractivity contribution in [1.82, 2.24) is 24.9 Å². The molecule has 13 nitrogen and oxygen atoms in total. The summed E-state index contributed by atoms with van der Waals surface area (Å²) in [6.07, 6.45) is 0.330. The van der Waals surface area contributed by atoms with Crippen LogP contribution in [0.15, 0.2) is 59.4 Å². The number of nitrogens with one attached hydrogen (secondary N) is 6. The second-order valence-electron chi connectivity index (χ2n) is 8.32. The van der Waals surface area contributed by atoms with Crippen LogP contribution in [0.3, 0.4) is 0 Å². The molecule has 5 aromatic rings. The minimum atomic E-state index is -0.315. The topological polar surface area (TPSA) is 193 Å². The predicted octanol–water partition coefficient (Wildman–Crippen LogP) is 3.18. The molecule has 13 heteroatoms. The molecule has 0 saturated carbocycles. The number of anilines is 7. The van der Waals surface area contributed by atoms with Crippen molar-refractivity contribution in [3.63, 3.8) is 0 Å². The third-order valence-corrected chi connectivity index (χ3v) is 5.63. The van der Waals surface area contributed by atoms with E-state index in [4.69, 9.17) is 0 Å². The Bertz CT molecular complexity index is 1740. The minimum Gasteiger partial charge on any atom is -0.508 e. The summed E-state index contributed by atoms with van der Waals surface area (Å²) in [5, 5.41) is 31.7. The molecule has 0 fully saturated rings. The first-order chi connectivity index (χ1) is 17.9. The SMILES string of the molecule is O=C1Cc2ccc(Nc3nc(Nc4ccc5[nH]c(=O)[nH]c5c4)nc(Nc4ccc(O)cc4O)n3)cc2N1. The number of carbonyl (C=O) groups excluding carboxylic acids is 1. The molecule has 1 aliphatic rings. The molecule has 8 N–H and O–H groups in total. The fourth-order valence-electron chi connectivity index (χ4n) is 3.95. The van der Waals surface area contributed by atoms with Crippen LogP contribution in [0.5, 0.6) is 11.5 Å². The molecule has 37 heavy (non-hydrogen) atoms. The van der Waals surface area contributed by atoms with E-state index < -0.39 is 0 Å². The Morgan fingerprint density at radius 1 is 0.730 bits per heavy atom. The van der Waals surface area contributed by atoms with Gasteiger partial charge in [0, 0.05) is 23.1 Å². The molecule has 0 bridgehead atoms. The normalized spacial score (nSPS) is 12.3. The van der Waals surface area contributed by atoms with E-state index in [-0.39, 0.29) is 46.6 Å². The van der Waals surface area contributed by atoms with Gasteiger partial charge in [0.25, 0.3) is 0 Å². The molecular weight excluding hydrogens is 478 g/mol. The number of hydrogen-bond donors (Lipinski definition) is 8. The van der Waals surface area contributed by atoms with Crippen LogP contribution >= 0.6 is 0 Å². The van der Waals surface area contributed by atoms with Crippen molar-refractivity contribution >= 4 is 57.5 Å². The molecule has 0 aliphatic carbocycles. The Morgan fingerprint density at radius 3 is 2.16 bits per heavy atom. The largest absolute Gasteiger partial charge is 0.508 e. The highest BCUT2D eigenvalue weighted by Gasteiger charge is 2.18. The second kappa shape index (κ2) is 8.57. The summed E-state index contributed by atoms with van der Waals surface area (Å²) >= 11 is 0. The quantitative estimate of drug-likeness (QED) is 0.128. The highest BCUT2D eigenvalue weighted by atomic mass is 16.3. The van der Waals surface area contributed by atoms with Crippen molar-refractivity contribution in [1.29, 1.82) is 0 Å². The molecule has 1 amide bonds. The van der Waals surface area contributed by atoms with Gasteiger partial charge in [0.1, 0.15) is 11.5 Å². The first kappa shape index (κ1) is 21.9. The van der Waals surface area contributed by atoms with Gasteiger partial charge < -0.3 is 41.4 Å². The summed E-state index contributed by atoms with van der Waals surface area (Å²) in [5.41, 5.74) is 4.08. The Hall–Kier alpha value is -5.59. The second-order valence-corrected chi connectivity index (χ2v) is 8.32. The molecule has 6 rings (SSSR count). The number of phenols is 2. The minimum absolute atomic E-state index is 0.0697. The number of hydrogen-bond acceptors (Lipinski definition) is 10. The summed E-state index contributed by atoms with van der Waals surface area (Å²) in [6, 6.07) is 14.7. The van der Waals surface area contributed by atoms with Gasteiger partial charge in [-0.05, 0) is 48.0 Å².